The molecule has 0 spiro atoms. The molecule has 1 saturated heterocycles. The number of rotatable bonds is 12. The van der Waals surface area contributed by atoms with Crippen molar-refractivity contribution in [1.82, 2.24) is 4.90 Å². The van der Waals surface area contributed by atoms with Crippen molar-refractivity contribution in [3.63, 3.8) is 0 Å². The van der Waals surface area contributed by atoms with Gasteiger partial charge in [-0.05, 0) is 57.6 Å². The van der Waals surface area contributed by atoms with Gasteiger partial charge in [0.15, 0.2) is 5.78 Å². The Hall–Kier alpha value is -2.35. The Labute approximate surface area is 194 Å². The van der Waals surface area contributed by atoms with E-state index in [-0.39, 0.29) is 42.0 Å². The summed E-state index contributed by atoms with van der Waals surface area (Å²) < 4.78 is 5.30. The summed E-state index contributed by atoms with van der Waals surface area (Å²) in [5.41, 5.74) is 1.19. The van der Waals surface area contributed by atoms with Crippen molar-refractivity contribution in [2.75, 3.05) is 24.7 Å². The van der Waals surface area contributed by atoms with Crippen LogP contribution < -0.4 is 5.32 Å². The molecule has 1 fully saturated rings. The standard InChI is InChI=1S/C24H34N2O5S/c1-24(2,3)23(30)31-16-17-9-11-18(12-10-17)25-15-19(27)8-6-5-7-13-26-21(28)14-20(32-4)22(26)29/h9-12,20,25H,5-8,13-16H2,1-4H3. The van der Waals surface area contributed by atoms with Crippen LogP contribution in [0.15, 0.2) is 24.3 Å². The van der Waals surface area contributed by atoms with Crippen LogP contribution >= 0.6 is 11.8 Å². The minimum Gasteiger partial charge on any atom is -0.460 e. The average molecular weight is 463 g/mol. The molecule has 0 aliphatic carbocycles. The average Bonchev–Trinajstić information content (AvgIpc) is 3.03. The lowest BCUT2D eigenvalue weighted by atomic mass is 9.97. The van der Waals surface area contributed by atoms with Gasteiger partial charge in [-0.15, -0.1) is 0 Å². The van der Waals surface area contributed by atoms with Gasteiger partial charge in [-0.2, -0.15) is 11.8 Å². The predicted octanol–water partition coefficient (Wildman–Crippen LogP) is 3.81. The normalized spacial score (nSPS) is 16.4. The van der Waals surface area contributed by atoms with Gasteiger partial charge in [0.1, 0.15) is 6.61 Å². The zero-order chi connectivity index (χ0) is 23.7. The molecule has 2 rings (SSSR count). The smallest absolute Gasteiger partial charge is 0.311 e. The van der Waals surface area contributed by atoms with Gasteiger partial charge in [0.05, 0.1) is 17.2 Å². The molecular formula is C24H34N2O5S. The van der Waals surface area contributed by atoms with Crippen LogP contribution in [0.2, 0.25) is 0 Å². The Kier molecular flexibility index (Phi) is 9.75. The lowest BCUT2D eigenvalue weighted by molar-refractivity contribution is -0.154. The van der Waals surface area contributed by atoms with Crippen LogP contribution in [-0.2, 0) is 30.5 Å². The fourth-order valence-corrected chi connectivity index (χ4v) is 3.85. The van der Waals surface area contributed by atoms with Crippen molar-refractivity contribution in [2.45, 2.75) is 64.7 Å². The third-order valence-corrected chi connectivity index (χ3v) is 6.19. The number of likely N-dealkylation sites (tertiary alicyclic amines) is 1. The molecule has 1 unspecified atom stereocenters. The first-order valence-corrected chi connectivity index (χ1v) is 12.3. The number of anilines is 1. The van der Waals surface area contributed by atoms with Crippen LogP contribution in [0, 0.1) is 5.41 Å². The first-order chi connectivity index (χ1) is 15.1. The molecule has 0 saturated carbocycles. The molecular weight excluding hydrogens is 428 g/mol. The van der Waals surface area contributed by atoms with E-state index in [1.165, 1.54) is 16.7 Å². The number of hydrogen-bond donors (Lipinski definition) is 1. The van der Waals surface area contributed by atoms with Crippen molar-refractivity contribution < 1.29 is 23.9 Å². The molecule has 2 amide bonds. The summed E-state index contributed by atoms with van der Waals surface area (Å²) in [6.07, 6.45) is 4.87. The number of esters is 1. The summed E-state index contributed by atoms with van der Waals surface area (Å²) in [6.45, 7) is 6.36. The molecule has 1 heterocycles. The molecule has 0 bridgehead atoms. The van der Waals surface area contributed by atoms with E-state index >= 15 is 0 Å². The lowest BCUT2D eigenvalue weighted by Gasteiger charge is -2.16. The number of unbranched alkanes of at least 4 members (excludes halogenated alkanes) is 2. The second kappa shape index (κ2) is 12.0. The highest BCUT2D eigenvalue weighted by Gasteiger charge is 2.37. The maximum atomic E-state index is 12.1. The number of ketones is 1. The highest BCUT2D eigenvalue weighted by molar-refractivity contribution is 8.00. The zero-order valence-corrected chi connectivity index (χ0v) is 20.3. The monoisotopic (exact) mass is 462 g/mol. The van der Waals surface area contributed by atoms with Crippen LogP contribution in [0.4, 0.5) is 5.69 Å². The molecule has 0 radical (unpaired) electrons. The predicted molar refractivity (Wildman–Crippen MR) is 126 cm³/mol. The fourth-order valence-electron chi connectivity index (χ4n) is 3.21. The van der Waals surface area contributed by atoms with Crippen LogP contribution in [-0.4, -0.2) is 53.1 Å². The number of benzene rings is 1. The molecule has 8 heteroatoms. The largest absolute Gasteiger partial charge is 0.460 e. The van der Waals surface area contributed by atoms with E-state index in [0.29, 0.717) is 19.4 Å². The van der Waals surface area contributed by atoms with Crippen LogP contribution in [0.25, 0.3) is 0 Å². The number of Topliss-reactive ketones (excluding diaryl/α,β-unsaturated/α-hetero) is 1. The Balaban J connectivity index is 1.60. The van der Waals surface area contributed by atoms with Crippen molar-refractivity contribution >= 4 is 41.0 Å². The first-order valence-electron chi connectivity index (χ1n) is 11.0. The highest BCUT2D eigenvalue weighted by Crippen LogP contribution is 2.23. The van der Waals surface area contributed by atoms with Gasteiger partial charge >= 0.3 is 5.97 Å². The van der Waals surface area contributed by atoms with E-state index in [9.17, 15) is 19.2 Å². The summed E-state index contributed by atoms with van der Waals surface area (Å²) in [6, 6.07) is 7.45. The number of amides is 2. The summed E-state index contributed by atoms with van der Waals surface area (Å²) in [5, 5.41) is 2.88. The van der Waals surface area contributed by atoms with Gasteiger partial charge in [0.25, 0.3) is 0 Å². The maximum Gasteiger partial charge on any atom is 0.311 e. The van der Waals surface area contributed by atoms with Crippen molar-refractivity contribution in [2.24, 2.45) is 5.41 Å². The second-order valence-corrected chi connectivity index (χ2v) is 10.1. The van der Waals surface area contributed by atoms with Crippen LogP contribution in [0.1, 0.15) is 58.4 Å². The number of carbonyl (C=O) groups excluding carboxylic acids is 4. The van der Waals surface area contributed by atoms with Crippen molar-refractivity contribution in [3.8, 4) is 0 Å². The molecule has 1 N–H and O–H groups in total. The topological polar surface area (TPSA) is 92.8 Å². The molecule has 1 atom stereocenters. The molecule has 1 aromatic carbocycles. The van der Waals surface area contributed by atoms with Crippen LogP contribution in [0.3, 0.4) is 0 Å². The summed E-state index contributed by atoms with van der Waals surface area (Å²) in [5.74, 6) is -0.300. The van der Waals surface area contributed by atoms with Gasteiger partial charge in [0, 0.05) is 25.1 Å². The highest BCUT2D eigenvalue weighted by atomic mass is 32.2. The third-order valence-electron chi connectivity index (χ3n) is 5.25. The van der Waals surface area contributed by atoms with Gasteiger partial charge in [-0.25, -0.2) is 0 Å². The number of imide groups is 1. The maximum absolute atomic E-state index is 12.1. The van der Waals surface area contributed by atoms with Gasteiger partial charge in [-0.1, -0.05) is 18.6 Å². The van der Waals surface area contributed by atoms with Gasteiger partial charge in [0.2, 0.25) is 11.8 Å². The zero-order valence-electron chi connectivity index (χ0n) is 19.4. The number of thioether (sulfide) groups is 1. The van der Waals surface area contributed by atoms with Crippen LogP contribution in [0.5, 0.6) is 0 Å². The summed E-state index contributed by atoms with van der Waals surface area (Å²) in [4.78, 5) is 49.2. The van der Waals surface area contributed by atoms with Crippen molar-refractivity contribution in [3.05, 3.63) is 29.8 Å². The van der Waals surface area contributed by atoms with Gasteiger partial charge in [-0.3, -0.25) is 24.1 Å². The number of ether oxygens (including phenoxy) is 1. The molecule has 1 aromatic rings. The number of carbonyl (C=O) groups is 4. The summed E-state index contributed by atoms with van der Waals surface area (Å²) in [7, 11) is 0. The minimum absolute atomic E-state index is 0.0823. The number of hydrogen-bond acceptors (Lipinski definition) is 7. The molecule has 1 aliphatic rings. The minimum atomic E-state index is -0.526. The Bertz CT molecular complexity index is 817. The summed E-state index contributed by atoms with van der Waals surface area (Å²) >= 11 is 1.42. The lowest BCUT2D eigenvalue weighted by Crippen LogP contribution is -2.32. The molecule has 176 valence electrons. The second-order valence-electron chi connectivity index (χ2n) is 9.04. The Morgan fingerprint density at radius 3 is 2.41 bits per heavy atom. The van der Waals surface area contributed by atoms with E-state index in [1.807, 2.05) is 51.3 Å². The first kappa shape index (κ1) is 25.9. The molecule has 7 nitrogen and oxygen atoms in total. The molecule has 0 aromatic heterocycles. The number of nitrogens with one attached hydrogen (secondary N) is 1. The molecule has 1 aliphatic heterocycles. The van der Waals surface area contributed by atoms with Crippen molar-refractivity contribution in [1.29, 1.82) is 0 Å². The Morgan fingerprint density at radius 2 is 1.81 bits per heavy atom. The van der Waals surface area contributed by atoms with E-state index in [2.05, 4.69) is 5.32 Å². The quantitative estimate of drug-likeness (QED) is 0.287. The van der Waals surface area contributed by atoms with E-state index in [0.717, 1.165) is 30.5 Å². The van der Waals surface area contributed by atoms with Gasteiger partial charge < -0.3 is 10.1 Å². The SMILES string of the molecule is CSC1CC(=O)N(CCCCCC(=O)CNc2ccc(COC(=O)C(C)(C)C)cc2)C1=O. The third kappa shape index (κ3) is 7.97. The fraction of sp³-hybridized carbons (Fsp3) is 0.583. The molecule has 32 heavy (non-hydrogen) atoms. The van der Waals surface area contributed by atoms with E-state index in [1.54, 1.807) is 0 Å². The van der Waals surface area contributed by atoms with E-state index < -0.39 is 5.41 Å². The van der Waals surface area contributed by atoms with E-state index in [4.69, 9.17) is 4.74 Å². The number of nitrogens with zero attached hydrogens (tertiary/aromatic N) is 1. The Morgan fingerprint density at radius 1 is 1.12 bits per heavy atom.